The summed E-state index contributed by atoms with van der Waals surface area (Å²) in [6.07, 6.45) is 3.46. The molecule has 1 aromatic rings. The molecule has 1 saturated carbocycles. The number of nitrogens with zero attached hydrogens (tertiary/aromatic N) is 1. The first-order valence-electron chi connectivity index (χ1n) is 6.27. The number of hydrogen-bond acceptors (Lipinski definition) is 1. The van der Waals surface area contributed by atoms with Gasteiger partial charge in [0, 0.05) is 22.0 Å². The van der Waals surface area contributed by atoms with E-state index in [0.29, 0.717) is 18.5 Å². The van der Waals surface area contributed by atoms with E-state index >= 15 is 0 Å². The van der Waals surface area contributed by atoms with Crippen LogP contribution in [0, 0.1) is 10.5 Å². The minimum atomic E-state index is 0.133. The lowest BCUT2D eigenvalue weighted by Crippen LogP contribution is -2.45. The van der Waals surface area contributed by atoms with Gasteiger partial charge in [0.2, 0.25) is 0 Å². The third-order valence-corrected chi connectivity index (χ3v) is 5.12. The van der Waals surface area contributed by atoms with Crippen molar-refractivity contribution in [1.82, 2.24) is 4.90 Å². The van der Waals surface area contributed by atoms with Crippen LogP contribution in [0.1, 0.15) is 35.2 Å². The van der Waals surface area contributed by atoms with Crippen molar-refractivity contribution in [2.75, 3.05) is 12.4 Å². The first-order chi connectivity index (χ1) is 8.65. The van der Waals surface area contributed by atoms with E-state index in [1.165, 1.54) is 6.42 Å². The van der Waals surface area contributed by atoms with E-state index < -0.39 is 0 Å². The Hall–Kier alpha value is -0.290. The predicted octanol–water partition coefficient (Wildman–Crippen LogP) is 3.83. The molecule has 0 aliphatic heterocycles. The van der Waals surface area contributed by atoms with Crippen LogP contribution >= 0.6 is 34.2 Å². The zero-order valence-corrected chi connectivity index (χ0v) is 13.4. The molecular weight excluding hydrogens is 361 g/mol. The smallest absolute Gasteiger partial charge is 0.255 e. The van der Waals surface area contributed by atoms with Crippen molar-refractivity contribution in [2.24, 2.45) is 0 Å². The molecule has 0 aromatic heterocycles. The molecule has 1 aromatic carbocycles. The fourth-order valence-corrected chi connectivity index (χ4v) is 2.98. The van der Waals surface area contributed by atoms with Crippen LogP contribution in [-0.4, -0.2) is 29.3 Å². The Bertz CT molecular complexity index is 445. The van der Waals surface area contributed by atoms with Crippen LogP contribution in [0.5, 0.6) is 0 Å². The zero-order chi connectivity index (χ0) is 13.1. The molecule has 1 amide bonds. The van der Waals surface area contributed by atoms with Crippen LogP contribution in [0.15, 0.2) is 18.2 Å². The molecule has 98 valence electrons. The maximum absolute atomic E-state index is 12.6. The molecule has 0 atom stereocenters. The Morgan fingerprint density at radius 3 is 2.78 bits per heavy atom. The summed E-state index contributed by atoms with van der Waals surface area (Å²) in [7, 11) is 0. The third-order valence-electron chi connectivity index (χ3n) is 3.52. The van der Waals surface area contributed by atoms with Crippen LogP contribution in [0.3, 0.4) is 0 Å². The molecule has 1 fully saturated rings. The van der Waals surface area contributed by atoms with Gasteiger partial charge in [-0.25, -0.2) is 0 Å². The maximum atomic E-state index is 12.6. The highest BCUT2D eigenvalue weighted by atomic mass is 127. The Labute approximate surface area is 127 Å². The average molecular weight is 378 g/mol. The van der Waals surface area contributed by atoms with Crippen molar-refractivity contribution in [2.45, 2.75) is 32.2 Å². The zero-order valence-electron chi connectivity index (χ0n) is 10.5. The summed E-state index contributed by atoms with van der Waals surface area (Å²) in [5.41, 5.74) is 1.97. The molecule has 2 rings (SSSR count). The number of rotatable bonds is 4. The number of carbonyl (C=O) groups excluding carboxylic acids is 1. The molecule has 0 saturated heterocycles. The summed E-state index contributed by atoms with van der Waals surface area (Å²) < 4.78 is 1.05. The van der Waals surface area contributed by atoms with Gasteiger partial charge in [-0.05, 0) is 60.4 Å². The van der Waals surface area contributed by atoms with E-state index in [-0.39, 0.29) is 5.91 Å². The number of halogens is 2. The molecule has 0 N–H and O–H groups in total. The second-order valence-corrected chi connectivity index (χ2v) is 6.17. The predicted molar refractivity (Wildman–Crippen MR) is 83.3 cm³/mol. The van der Waals surface area contributed by atoms with Gasteiger partial charge in [0.1, 0.15) is 0 Å². The van der Waals surface area contributed by atoms with Crippen LogP contribution in [0.4, 0.5) is 0 Å². The highest BCUT2D eigenvalue weighted by Gasteiger charge is 2.29. The van der Waals surface area contributed by atoms with Gasteiger partial charge in [0.15, 0.2) is 0 Å². The van der Waals surface area contributed by atoms with Crippen molar-refractivity contribution < 1.29 is 4.79 Å². The van der Waals surface area contributed by atoms with Crippen molar-refractivity contribution in [3.63, 3.8) is 0 Å². The van der Waals surface area contributed by atoms with Gasteiger partial charge in [0.05, 0.1) is 5.56 Å². The molecular formula is C14H17ClINO. The Morgan fingerprint density at radius 1 is 1.50 bits per heavy atom. The minimum Gasteiger partial charge on any atom is -0.334 e. The number of aryl methyl sites for hydroxylation is 1. The molecule has 1 aliphatic rings. The van der Waals surface area contributed by atoms with Crippen molar-refractivity contribution in [3.8, 4) is 0 Å². The fraction of sp³-hybridized carbons (Fsp3) is 0.500. The number of carbonyl (C=O) groups is 1. The number of amides is 1. The van der Waals surface area contributed by atoms with Crippen LogP contribution in [0.2, 0.25) is 0 Å². The normalized spacial score (nSPS) is 15.3. The lowest BCUT2D eigenvalue weighted by molar-refractivity contribution is 0.0596. The van der Waals surface area contributed by atoms with Crippen molar-refractivity contribution in [1.29, 1.82) is 0 Å². The molecule has 18 heavy (non-hydrogen) atoms. The lowest BCUT2D eigenvalue weighted by atomic mass is 9.91. The minimum absolute atomic E-state index is 0.133. The molecule has 0 spiro atoms. The summed E-state index contributed by atoms with van der Waals surface area (Å²) in [5, 5.41) is 0. The summed E-state index contributed by atoms with van der Waals surface area (Å²) in [6, 6.07) is 6.29. The second kappa shape index (κ2) is 6.24. The van der Waals surface area contributed by atoms with Gasteiger partial charge in [-0.2, -0.15) is 0 Å². The first-order valence-corrected chi connectivity index (χ1v) is 7.88. The molecule has 1 aliphatic carbocycles. The van der Waals surface area contributed by atoms with E-state index in [1.807, 2.05) is 30.0 Å². The SMILES string of the molecule is Cc1cccc(C(=O)N(CCCl)C2CCC2)c1I. The molecule has 0 unspecified atom stereocenters. The summed E-state index contributed by atoms with van der Waals surface area (Å²) in [6.45, 7) is 2.68. The monoisotopic (exact) mass is 377 g/mol. The molecule has 0 radical (unpaired) electrons. The topological polar surface area (TPSA) is 20.3 Å². The van der Waals surface area contributed by atoms with Gasteiger partial charge in [0.25, 0.3) is 5.91 Å². The highest BCUT2D eigenvalue weighted by Crippen LogP contribution is 2.27. The van der Waals surface area contributed by atoms with Crippen molar-refractivity contribution >= 4 is 40.1 Å². The maximum Gasteiger partial charge on any atom is 0.255 e. The quantitative estimate of drug-likeness (QED) is 0.577. The van der Waals surface area contributed by atoms with Gasteiger partial charge in [-0.15, -0.1) is 11.6 Å². The van der Waals surface area contributed by atoms with E-state index in [2.05, 4.69) is 22.6 Å². The van der Waals surface area contributed by atoms with E-state index in [1.54, 1.807) is 0 Å². The van der Waals surface area contributed by atoms with Gasteiger partial charge in [-0.1, -0.05) is 12.1 Å². The lowest BCUT2D eigenvalue weighted by Gasteiger charge is -2.37. The molecule has 2 nitrogen and oxygen atoms in total. The number of hydrogen-bond donors (Lipinski definition) is 0. The van der Waals surface area contributed by atoms with E-state index in [9.17, 15) is 4.79 Å². The average Bonchev–Trinajstić information content (AvgIpc) is 2.29. The highest BCUT2D eigenvalue weighted by molar-refractivity contribution is 14.1. The first kappa shape index (κ1) is 14.1. The summed E-state index contributed by atoms with van der Waals surface area (Å²) >= 11 is 8.08. The summed E-state index contributed by atoms with van der Waals surface area (Å²) in [5.74, 6) is 0.637. The van der Waals surface area contributed by atoms with Gasteiger partial charge >= 0.3 is 0 Å². The standard InChI is InChI=1S/C14H17ClINO/c1-10-4-2-7-12(13(10)16)14(18)17(9-8-15)11-5-3-6-11/h2,4,7,11H,3,5-6,8-9H2,1H3. The number of benzene rings is 1. The van der Waals surface area contributed by atoms with Crippen molar-refractivity contribution in [3.05, 3.63) is 32.9 Å². The van der Waals surface area contributed by atoms with Crippen LogP contribution < -0.4 is 0 Å². The van der Waals surface area contributed by atoms with Gasteiger partial charge < -0.3 is 4.90 Å². The molecule has 4 heteroatoms. The Kier molecular flexibility index (Phi) is 4.90. The Morgan fingerprint density at radius 2 is 2.22 bits per heavy atom. The third kappa shape index (κ3) is 2.82. The number of alkyl halides is 1. The van der Waals surface area contributed by atoms with Crippen LogP contribution in [0.25, 0.3) is 0 Å². The molecule has 0 bridgehead atoms. The Balaban J connectivity index is 2.24. The summed E-state index contributed by atoms with van der Waals surface area (Å²) in [4.78, 5) is 14.6. The second-order valence-electron chi connectivity index (χ2n) is 4.71. The fourth-order valence-electron chi connectivity index (χ4n) is 2.21. The largest absolute Gasteiger partial charge is 0.334 e. The van der Waals surface area contributed by atoms with Gasteiger partial charge in [-0.3, -0.25) is 4.79 Å². The molecule has 0 heterocycles. The van der Waals surface area contributed by atoms with E-state index in [0.717, 1.165) is 27.5 Å². The van der Waals surface area contributed by atoms with E-state index in [4.69, 9.17) is 11.6 Å². The van der Waals surface area contributed by atoms with Crippen LogP contribution in [-0.2, 0) is 0 Å².